The van der Waals surface area contributed by atoms with Crippen LogP contribution in [0.5, 0.6) is 0 Å². The summed E-state index contributed by atoms with van der Waals surface area (Å²) in [5, 5.41) is 2.78. The molecule has 1 aromatic rings. The van der Waals surface area contributed by atoms with Gasteiger partial charge >= 0.3 is 0 Å². The van der Waals surface area contributed by atoms with E-state index >= 15 is 0 Å². The zero-order valence-electron chi connectivity index (χ0n) is 10.7. The molecule has 0 spiro atoms. The number of hydrogen-bond acceptors (Lipinski definition) is 3. The molecule has 0 radical (unpaired) electrons. The molecule has 0 aliphatic carbocycles. The summed E-state index contributed by atoms with van der Waals surface area (Å²) in [6.45, 7) is 4.31. The summed E-state index contributed by atoms with van der Waals surface area (Å²) in [7, 11) is 3.90. The van der Waals surface area contributed by atoms with Crippen LogP contribution in [-0.4, -0.2) is 42.5 Å². The van der Waals surface area contributed by atoms with Crippen molar-refractivity contribution in [3.05, 3.63) is 33.7 Å². The van der Waals surface area contributed by atoms with Crippen LogP contribution in [-0.2, 0) is 0 Å². The zero-order chi connectivity index (χ0) is 13.0. The van der Waals surface area contributed by atoms with Gasteiger partial charge in [-0.1, -0.05) is 0 Å². The summed E-state index contributed by atoms with van der Waals surface area (Å²) in [4.78, 5) is 27.9. The second kappa shape index (κ2) is 5.63. The largest absolute Gasteiger partial charge is 0.354 e. The lowest BCUT2D eigenvalue weighted by Crippen LogP contribution is -2.38. The second-order valence-electron chi connectivity index (χ2n) is 4.44. The number of nitrogens with one attached hydrogen (secondary N) is 2. The molecule has 0 saturated carbocycles. The summed E-state index contributed by atoms with van der Waals surface area (Å²) >= 11 is 0. The third kappa shape index (κ3) is 4.03. The van der Waals surface area contributed by atoms with Crippen LogP contribution in [0.25, 0.3) is 0 Å². The highest BCUT2D eigenvalue weighted by atomic mass is 16.2. The van der Waals surface area contributed by atoms with Gasteiger partial charge in [0.15, 0.2) is 5.43 Å². The van der Waals surface area contributed by atoms with Crippen molar-refractivity contribution in [1.29, 1.82) is 0 Å². The van der Waals surface area contributed by atoms with Crippen molar-refractivity contribution < 1.29 is 4.79 Å². The van der Waals surface area contributed by atoms with Crippen molar-refractivity contribution in [3.63, 3.8) is 0 Å². The van der Waals surface area contributed by atoms with E-state index in [-0.39, 0.29) is 17.4 Å². The van der Waals surface area contributed by atoms with Gasteiger partial charge in [-0.25, -0.2) is 0 Å². The fourth-order valence-corrected chi connectivity index (χ4v) is 1.32. The maximum absolute atomic E-state index is 11.8. The number of aromatic nitrogens is 1. The lowest BCUT2D eigenvalue weighted by Gasteiger charge is -2.19. The fraction of sp³-hybridized carbons (Fsp3) is 0.500. The van der Waals surface area contributed by atoms with Crippen molar-refractivity contribution in [3.8, 4) is 0 Å². The first kappa shape index (κ1) is 13.4. The van der Waals surface area contributed by atoms with Gasteiger partial charge in [-0.15, -0.1) is 0 Å². The van der Waals surface area contributed by atoms with Crippen molar-refractivity contribution >= 4 is 5.91 Å². The topological polar surface area (TPSA) is 65.2 Å². The molecule has 17 heavy (non-hydrogen) atoms. The minimum atomic E-state index is -0.250. The molecule has 94 valence electrons. The molecule has 5 nitrogen and oxygen atoms in total. The Morgan fingerprint density at radius 3 is 2.65 bits per heavy atom. The number of carbonyl (C=O) groups excluding carboxylic acids is 1. The van der Waals surface area contributed by atoms with Crippen molar-refractivity contribution in [2.24, 2.45) is 0 Å². The molecule has 0 saturated heterocycles. The van der Waals surface area contributed by atoms with E-state index in [4.69, 9.17) is 0 Å². The van der Waals surface area contributed by atoms with Gasteiger partial charge < -0.3 is 15.2 Å². The lowest BCUT2D eigenvalue weighted by atomic mass is 10.2. The minimum Gasteiger partial charge on any atom is -0.354 e. The SMILES string of the molecule is Cc1cc(=O)cc(C(=O)NC[C@H](C)N(C)C)[nH]1. The summed E-state index contributed by atoms with van der Waals surface area (Å²) in [5.41, 5.74) is 0.830. The van der Waals surface area contributed by atoms with Crippen LogP contribution in [0.4, 0.5) is 0 Å². The first-order chi connectivity index (χ1) is 7.90. The summed E-state index contributed by atoms with van der Waals surface area (Å²) in [6, 6.07) is 3.01. The molecule has 1 aromatic heterocycles. The van der Waals surface area contributed by atoms with Crippen LogP contribution in [0, 0.1) is 6.92 Å². The van der Waals surface area contributed by atoms with E-state index in [2.05, 4.69) is 10.3 Å². The van der Waals surface area contributed by atoms with E-state index in [1.54, 1.807) is 6.92 Å². The predicted molar refractivity (Wildman–Crippen MR) is 67.3 cm³/mol. The average Bonchev–Trinajstić information content (AvgIpc) is 2.23. The summed E-state index contributed by atoms with van der Waals surface area (Å²) in [6.07, 6.45) is 0. The smallest absolute Gasteiger partial charge is 0.267 e. The molecule has 0 aromatic carbocycles. The quantitative estimate of drug-likeness (QED) is 0.795. The van der Waals surface area contributed by atoms with E-state index < -0.39 is 0 Å². The molecule has 1 amide bonds. The first-order valence-electron chi connectivity index (χ1n) is 5.55. The third-order valence-electron chi connectivity index (χ3n) is 2.66. The molecule has 0 bridgehead atoms. The Hall–Kier alpha value is -1.62. The van der Waals surface area contributed by atoms with Gasteiger partial charge in [0, 0.05) is 30.4 Å². The number of hydrogen-bond donors (Lipinski definition) is 2. The molecule has 0 aliphatic heterocycles. The monoisotopic (exact) mass is 237 g/mol. The minimum absolute atomic E-state index is 0.160. The second-order valence-corrected chi connectivity index (χ2v) is 4.44. The Morgan fingerprint density at radius 2 is 2.12 bits per heavy atom. The highest BCUT2D eigenvalue weighted by Crippen LogP contribution is 1.95. The number of rotatable bonds is 4. The Morgan fingerprint density at radius 1 is 1.47 bits per heavy atom. The first-order valence-corrected chi connectivity index (χ1v) is 5.55. The van der Waals surface area contributed by atoms with Crippen LogP contribution in [0.1, 0.15) is 23.1 Å². The Kier molecular flexibility index (Phi) is 4.45. The number of carbonyl (C=O) groups is 1. The molecule has 1 heterocycles. The predicted octanol–water partition coefficient (Wildman–Crippen LogP) is 0.363. The average molecular weight is 237 g/mol. The maximum atomic E-state index is 11.8. The number of nitrogens with zero attached hydrogens (tertiary/aromatic N) is 1. The van der Waals surface area contributed by atoms with Gasteiger partial charge in [0.2, 0.25) is 0 Å². The van der Waals surface area contributed by atoms with Crippen LogP contribution < -0.4 is 10.7 Å². The molecule has 5 heteroatoms. The maximum Gasteiger partial charge on any atom is 0.267 e. The van der Waals surface area contributed by atoms with Crippen molar-refractivity contribution in [1.82, 2.24) is 15.2 Å². The van der Waals surface area contributed by atoms with Gasteiger partial charge in [-0.3, -0.25) is 9.59 Å². The van der Waals surface area contributed by atoms with Gasteiger partial charge in [0.25, 0.3) is 5.91 Å². The van der Waals surface area contributed by atoms with E-state index in [0.29, 0.717) is 17.9 Å². The Bertz CT molecular complexity index is 451. The Balaban J connectivity index is 2.67. The number of amides is 1. The van der Waals surface area contributed by atoms with Crippen molar-refractivity contribution in [2.75, 3.05) is 20.6 Å². The molecule has 0 fully saturated rings. The summed E-state index contributed by atoms with van der Waals surface area (Å²) in [5.74, 6) is -0.250. The zero-order valence-corrected chi connectivity index (χ0v) is 10.7. The third-order valence-corrected chi connectivity index (χ3v) is 2.66. The van der Waals surface area contributed by atoms with Crippen LogP contribution in [0.2, 0.25) is 0 Å². The molecule has 0 unspecified atom stereocenters. The number of pyridine rings is 1. The molecule has 1 atom stereocenters. The molecule has 2 N–H and O–H groups in total. The Labute approximate surface area is 101 Å². The van der Waals surface area contributed by atoms with E-state index in [1.807, 2.05) is 25.9 Å². The van der Waals surface area contributed by atoms with Gasteiger partial charge in [-0.05, 0) is 27.9 Å². The molecular formula is C12H19N3O2. The fourth-order valence-electron chi connectivity index (χ4n) is 1.32. The van der Waals surface area contributed by atoms with Gasteiger partial charge in [-0.2, -0.15) is 0 Å². The molecule has 1 rings (SSSR count). The highest BCUT2D eigenvalue weighted by Gasteiger charge is 2.10. The number of likely N-dealkylation sites (N-methyl/N-ethyl adjacent to an activating group) is 1. The van der Waals surface area contributed by atoms with Crippen LogP contribution in [0.3, 0.4) is 0 Å². The molecule has 0 aliphatic rings. The molecular weight excluding hydrogens is 218 g/mol. The van der Waals surface area contributed by atoms with E-state index in [0.717, 1.165) is 0 Å². The standard InChI is InChI=1S/C12H19N3O2/c1-8-5-10(16)6-11(14-8)12(17)13-7-9(2)15(3)4/h5-6,9H,7H2,1-4H3,(H,13,17)(H,14,16)/t9-/m0/s1. The highest BCUT2D eigenvalue weighted by molar-refractivity contribution is 5.92. The van der Waals surface area contributed by atoms with Gasteiger partial charge in [0.1, 0.15) is 5.69 Å². The van der Waals surface area contributed by atoms with E-state index in [9.17, 15) is 9.59 Å². The number of aromatic amines is 1. The van der Waals surface area contributed by atoms with Gasteiger partial charge in [0.05, 0.1) is 0 Å². The normalized spacial score (nSPS) is 12.5. The van der Waals surface area contributed by atoms with Crippen LogP contribution in [0.15, 0.2) is 16.9 Å². The lowest BCUT2D eigenvalue weighted by molar-refractivity contribution is 0.0938. The number of aryl methyl sites for hydroxylation is 1. The number of H-pyrrole nitrogens is 1. The van der Waals surface area contributed by atoms with Crippen LogP contribution >= 0.6 is 0 Å². The van der Waals surface area contributed by atoms with Crippen molar-refractivity contribution in [2.45, 2.75) is 19.9 Å². The summed E-state index contributed by atoms with van der Waals surface area (Å²) < 4.78 is 0. The van der Waals surface area contributed by atoms with E-state index in [1.165, 1.54) is 12.1 Å².